The molecule has 2 aromatic rings. The predicted octanol–water partition coefficient (Wildman–Crippen LogP) is -0.381. The van der Waals surface area contributed by atoms with Gasteiger partial charge in [-0.15, -0.1) is 0 Å². The minimum atomic E-state index is -0.380. The molecule has 0 radical (unpaired) electrons. The second kappa shape index (κ2) is 3.81. The molecule has 1 fully saturated rings. The van der Waals surface area contributed by atoms with E-state index in [9.17, 15) is 9.59 Å². The van der Waals surface area contributed by atoms with Crippen LogP contribution in [0.25, 0.3) is 11.0 Å². The third-order valence-electron chi connectivity index (χ3n) is 3.10. The van der Waals surface area contributed by atoms with Crippen LogP contribution in [-0.2, 0) is 0 Å². The largest absolute Gasteiger partial charge is 0.330 e. The lowest BCUT2D eigenvalue weighted by molar-refractivity contribution is 0.507. The SMILES string of the molecule is O=c1[nH]c2ncccc2c(=O)n1C1CCNC1. The predicted molar refractivity (Wildman–Crippen MR) is 63.1 cm³/mol. The van der Waals surface area contributed by atoms with Gasteiger partial charge in [0.25, 0.3) is 5.56 Å². The highest BCUT2D eigenvalue weighted by Crippen LogP contribution is 2.11. The van der Waals surface area contributed by atoms with Crippen LogP contribution in [0.3, 0.4) is 0 Å². The average molecular weight is 232 g/mol. The Balaban J connectivity index is 2.31. The van der Waals surface area contributed by atoms with Gasteiger partial charge in [0, 0.05) is 12.7 Å². The summed E-state index contributed by atoms with van der Waals surface area (Å²) in [6.07, 6.45) is 2.36. The van der Waals surface area contributed by atoms with Crippen molar-refractivity contribution in [2.45, 2.75) is 12.5 Å². The van der Waals surface area contributed by atoms with Gasteiger partial charge in [-0.25, -0.2) is 9.78 Å². The third kappa shape index (κ3) is 1.57. The van der Waals surface area contributed by atoms with Gasteiger partial charge in [-0.3, -0.25) is 14.3 Å². The van der Waals surface area contributed by atoms with Crippen LogP contribution in [0, 0.1) is 0 Å². The zero-order valence-corrected chi connectivity index (χ0v) is 9.14. The number of pyridine rings is 1. The van der Waals surface area contributed by atoms with Crippen LogP contribution < -0.4 is 16.6 Å². The van der Waals surface area contributed by atoms with E-state index in [1.165, 1.54) is 4.57 Å². The highest BCUT2D eigenvalue weighted by atomic mass is 16.2. The monoisotopic (exact) mass is 232 g/mol. The van der Waals surface area contributed by atoms with Gasteiger partial charge >= 0.3 is 5.69 Å². The molecule has 88 valence electrons. The van der Waals surface area contributed by atoms with Crippen LogP contribution in [-0.4, -0.2) is 27.6 Å². The van der Waals surface area contributed by atoms with Crippen molar-refractivity contribution in [1.82, 2.24) is 19.9 Å². The fourth-order valence-corrected chi connectivity index (χ4v) is 2.25. The summed E-state index contributed by atoms with van der Waals surface area (Å²) in [5, 5.41) is 3.60. The Labute approximate surface area is 96.3 Å². The smallest absolute Gasteiger partial charge is 0.315 e. The van der Waals surface area contributed by atoms with E-state index in [2.05, 4.69) is 15.3 Å². The lowest BCUT2D eigenvalue weighted by atomic mass is 10.2. The average Bonchev–Trinajstić information content (AvgIpc) is 2.83. The first-order valence-corrected chi connectivity index (χ1v) is 5.57. The van der Waals surface area contributed by atoms with Crippen LogP contribution >= 0.6 is 0 Å². The number of H-pyrrole nitrogens is 1. The van der Waals surface area contributed by atoms with Gasteiger partial charge in [0.1, 0.15) is 5.65 Å². The van der Waals surface area contributed by atoms with Gasteiger partial charge in [0.05, 0.1) is 11.4 Å². The van der Waals surface area contributed by atoms with Crippen molar-refractivity contribution in [3.8, 4) is 0 Å². The molecule has 1 aliphatic heterocycles. The quantitative estimate of drug-likeness (QED) is 0.702. The van der Waals surface area contributed by atoms with Gasteiger partial charge in [-0.2, -0.15) is 0 Å². The zero-order valence-electron chi connectivity index (χ0n) is 9.14. The number of hydrogen-bond donors (Lipinski definition) is 2. The molecular formula is C11H12N4O2. The van der Waals surface area contributed by atoms with Gasteiger partial charge < -0.3 is 5.32 Å². The lowest BCUT2D eigenvalue weighted by Crippen LogP contribution is -2.39. The molecule has 0 spiro atoms. The Morgan fingerprint density at radius 2 is 2.29 bits per heavy atom. The molecule has 0 amide bonds. The maximum atomic E-state index is 12.2. The molecule has 2 aromatic heterocycles. The van der Waals surface area contributed by atoms with Crippen LogP contribution in [0.4, 0.5) is 0 Å². The van der Waals surface area contributed by atoms with Crippen molar-refractivity contribution < 1.29 is 0 Å². The topological polar surface area (TPSA) is 79.8 Å². The molecular weight excluding hydrogens is 220 g/mol. The number of aromatic amines is 1. The maximum Gasteiger partial charge on any atom is 0.330 e. The van der Waals surface area contributed by atoms with E-state index in [-0.39, 0.29) is 17.3 Å². The molecule has 0 aromatic carbocycles. The molecule has 1 aliphatic rings. The van der Waals surface area contributed by atoms with Crippen LogP contribution in [0.2, 0.25) is 0 Å². The zero-order chi connectivity index (χ0) is 11.8. The second-order valence-corrected chi connectivity index (χ2v) is 4.15. The molecule has 6 heteroatoms. The summed E-state index contributed by atoms with van der Waals surface area (Å²) < 4.78 is 1.30. The van der Waals surface area contributed by atoms with E-state index in [0.29, 0.717) is 17.6 Å². The highest BCUT2D eigenvalue weighted by Gasteiger charge is 2.20. The standard InChI is InChI=1S/C11H12N4O2/c16-10-8-2-1-4-13-9(8)14-11(17)15(10)7-3-5-12-6-7/h1-2,4,7,12H,3,5-6H2,(H,13,14,17). The number of fused-ring (bicyclic) bond motifs is 1. The Kier molecular flexibility index (Phi) is 2.29. The number of nitrogens with one attached hydrogen (secondary N) is 2. The van der Waals surface area contributed by atoms with Crippen molar-refractivity contribution in [3.05, 3.63) is 39.2 Å². The van der Waals surface area contributed by atoms with Gasteiger partial charge in [-0.1, -0.05) is 0 Å². The van der Waals surface area contributed by atoms with Gasteiger partial charge in [-0.05, 0) is 25.1 Å². The molecule has 0 saturated carbocycles. The number of rotatable bonds is 1. The first-order chi connectivity index (χ1) is 8.27. The Morgan fingerprint density at radius 1 is 1.41 bits per heavy atom. The van der Waals surface area contributed by atoms with Crippen LogP contribution in [0.5, 0.6) is 0 Å². The molecule has 17 heavy (non-hydrogen) atoms. The first-order valence-electron chi connectivity index (χ1n) is 5.57. The van der Waals surface area contributed by atoms with Crippen molar-refractivity contribution >= 4 is 11.0 Å². The molecule has 1 atom stereocenters. The minimum absolute atomic E-state index is 0.0594. The fraction of sp³-hybridized carbons (Fsp3) is 0.364. The van der Waals surface area contributed by atoms with Crippen LogP contribution in [0.1, 0.15) is 12.5 Å². The van der Waals surface area contributed by atoms with E-state index in [0.717, 1.165) is 13.0 Å². The van der Waals surface area contributed by atoms with Crippen LogP contribution in [0.15, 0.2) is 27.9 Å². The molecule has 1 saturated heterocycles. The highest BCUT2D eigenvalue weighted by molar-refractivity contribution is 5.72. The van der Waals surface area contributed by atoms with Crippen molar-refractivity contribution in [2.75, 3.05) is 13.1 Å². The molecule has 0 aliphatic carbocycles. The van der Waals surface area contributed by atoms with Crippen molar-refractivity contribution in [1.29, 1.82) is 0 Å². The normalized spacial score (nSPS) is 19.9. The Hall–Kier alpha value is -1.95. The Morgan fingerprint density at radius 3 is 3.06 bits per heavy atom. The molecule has 3 heterocycles. The lowest BCUT2D eigenvalue weighted by Gasteiger charge is -2.11. The Bertz CT molecular complexity index is 667. The summed E-state index contributed by atoms with van der Waals surface area (Å²) in [4.78, 5) is 30.7. The van der Waals surface area contributed by atoms with E-state index >= 15 is 0 Å². The van der Waals surface area contributed by atoms with Crippen molar-refractivity contribution in [2.24, 2.45) is 0 Å². The molecule has 1 unspecified atom stereocenters. The molecule has 0 bridgehead atoms. The first kappa shape index (κ1) is 10.2. The maximum absolute atomic E-state index is 12.2. The summed E-state index contributed by atoms with van der Waals surface area (Å²) in [6, 6.07) is 3.31. The summed E-state index contributed by atoms with van der Waals surface area (Å²) in [5.74, 6) is 0. The summed E-state index contributed by atoms with van der Waals surface area (Å²) in [7, 11) is 0. The molecule has 6 nitrogen and oxygen atoms in total. The number of hydrogen-bond acceptors (Lipinski definition) is 4. The van der Waals surface area contributed by atoms with E-state index < -0.39 is 0 Å². The number of nitrogens with zero attached hydrogens (tertiary/aromatic N) is 2. The summed E-state index contributed by atoms with van der Waals surface area (Å²) in [5.41, 5.74) is -0.287. The summed E-state index contributed by atoms with van der Waals surface area (Å²) in [6.45, 7) is 1.50. The number of aromatic nitrogens is 3. The third-order valence-corrected chi connectivity index (χ3v) is 3.10. The van der Waals surface area contributed by atoms with Gasteiger partial charge in [0.2, 0.25) is 0 Å². The van der Waals surface area contributed by atoms with Gasteiger partial charge in [0.15, 0.2) is 0 Å². The van der Waals surface area contributed by atoms with Crippen molar-refractivity contribution in [3.63, 3.8) is 0 Å². The molecule has 3 rings (SSSR count). The second-order valence-electron chi connectivity index (χ2n) is 4.15. The van der Waals surface area contributed by atoms with E-state index in [1.807, 2.05) is 0 Å². The minimum Gasteiger partial charge on any atom is -0.315 e. The fourth-order valence-electron chi connectivity index (χ4n) is 2.25. The van der Waals surface area contributed by atoms with E-state index in [4.69, 9.17) is 0 Å². The summed E-state index contributed by atoms with van der Waals surface area (Å²) >= 11 is 0. The molecule has 2 N–H and O–H groups in total. The van der Waals surface area contributed by atoms with E-state index in [1.54, 1.807) is 18.3 Å².